The molecule has 0 spiro atoms. The molecule has 0 aliphatic carbocycles. The lowest BCUT2D eigenvalue weighted by Gasteiger charge is -2.06. The zero-order chi connectivity index (χ0) is 14.3. The lowest BCUT2D eigenvalue weighted by atomic mass is 10.1. The van der Waals surface area contributed by atoms with Crippen LogP contribution in [-0.4, -0.2) is 9.97 Å². The summed E-state index contributed by atoms with van der Waals surface area (Å²) in [4.78, 5) is 8.78. The standard InChI is InChI=1S/C15H9BrClFN2/c1-8-6-9(2-5-12(8)18)15-19-13-7-10(16)3-4-11(13)14(17)20-15/h2-7H,1H3. The smallest absolute Gasteiger partial charge is 0.161 e. The Morgan fingerprint density at radius 1 is 1.10 bits per heavy atom. The lowest BCUT2D eigenvalue weighted by Crippen LogP contribution is -1.93. The number of aromatic nitrogens is 2. The van der Waals surface area contributed by atoms with Crippen molar-refractivity contribution < 1.29 is 4.39 Å². The molecular formula is C15H9BrClFN2. The maximum atomic E-state index is 13.3. The van der Waals surface area contributed by atoms with Gasteiger partial charge < -0.3 is 0 Å². The minimum Gasteiger partial charge on any atom is -0.228 e. The van der Waals surface area contributed by atoms with Crippen LogP contribution in [0.1, 0.15) is 5.56 Å². The first-order chi connectivity index (χ1) is 9.54. The van der Waals surface area contributed by atoms with Crippen LogP contribution in [0.2, 0.25) is 5.15 Å². The molecule has 0 aliphatic heterocycles. The zero-order valence-corrected chi connectivity index (χ0v) is 12.8. The fraction of sp³-hybridized carbons (Fsp3) is 0.0667. The summed E-state index contributed by atoms with van der Waals surface area (Å²) in [5.41, 5.74) is 2.04. The summed E-state index contributed by atoms with van der Waals surface area (Å²) in [6.07, 6.45) is 0. The summed E-state index contributed by atoms with van der Waals surface area (Å²) < 4.78 is 14.2. The normalized spacial score (nSPS) is 11.0. The van der Waals surface area contributed by atoms with Crippen LogP contribution < -0.4 is 0 Å². The molecule has 100 valence electrons. The van der Waals surface area contributed by atoms with E-state index in [2.05, 4.69) is 25.9 Å². The second-order valence-electron chi connectivity index (χ2n) is 4.46. The summed E-state index contributed by atoms with van der Waals surface area (Å²) in [5.74, 6) is 0.243. The van der Waals surface area contributed by atoms with E-state index in [1.165, 1.54) is 6.07 Å². The molecule has 0 N–H and O–H groups in total. The van der Waals surface area contributed by atoms with E-state index in [-0.39, 0.29) is 5.82 Å². The Labute approximate surface area is 128 Å². The molecule has 5 heteroatoms. The molecule has 0 saturated heterocycles. The highest BCUT2D eigenvalue weighted by Gasteiger charge is 2.09. The fourth-order valence-corrected chi connectivity index (χ4v) is 2.57. The van der Waals surface area contributed by atoms with Gasteiger partial charge >= 0.3 is 0 Å². The van der Waals surface area contributed by atoms with Crippen molar-refractivity contribution in [3.05, 3.63) is 57.4 Å². The van der Waals surface area contributed by atoms with Crippen LogP contribution in [0.3, 0.4) is 0 Å². The number of aryl methyl sites for hydroxylation is 1. The van der Waals surface area contributed by atoms with Crippen LogP contribution in [0.15, 0.2) is 40.9 Å². The monoisotopic (exact) mass is 350 g/mol. The second kappa shape index (κ2) is 5.11. The van der Waals surface area contributed by atoms with Crippen molar-refractivity contribution in [3.63, 3.8) is 0 Å². The fourth-order valence-electron chi connectivity index (χ4n) is 1.98. The number of hydrogen-bond acceptors (Lipinski definition) is 2. The Morgan fingerprint density at radius 3 is 2.65 bits per heavy atom. The van der Waals surface area contributed by atoms with Gasteiger partial charge in [-0.1, -0.05) is 27.5 Å². The van der Waals surface area contributed by atoms with Gasteiger partial charge in [-0.3, -0.25) is 0 Å². The molecule has 3 aromatic rings. The van der Waals surface area contributed by atoms with Crippen LogP contribution >= 0.6 is 27.5 Å². The zero-order valence-electron chi connectivity index (χ0n) is 10.5. The van der Waals surface area contributed by atoms with Crippen molar-refractivity contribution in [2.75, 3.05) is 0 Å². The molecule has 0 atom stereocenters. The molecule has 0 bridgehead atoms. The second-order valence-corrected chi connectivity index (χ2v) is 5.74. The van der Waals surface area contributed by atoms with E-state index >= 15 is 0 Å². The number of rotatable bonds is 1. The molecule has 1 heterocycles. The molecule has 0 radical (unpaired) electrons. The molecule has 20 heavy (non-hydrogen) atoms. The molecule has 0 aliphatic rings. The largest absolute Gasteiger partial charge is 0.228 e. The topological polar surface area (TPSA) is 25.8 Å². The average Bonchev–Trinajstić information content (AvgIpc) is 2.41. The molecule has 0 unspecified atom stereocenters. The van der Waals surface area contributed by atoms with Gasteiger partial charge in [0.2, 0.25) is 0 Å². The summed E-state index contributed by atoms with van der Waals surface area (Å²) in [6, 6.07) is 10.4. The highest BCUT2D eigenvalue weighted by atomic mass is 79.9. The predicted molar refractivity (Wildman–Crippen MR) is 82.4 cm³/mol. The number of benzene rings is 2. The van der Waals surface area contributed by atoms with Gasteiger partial charge in [0.1, 0.15) is 11.0 Å². The summed E-state index contributed by atoms with van der Waals surface area (Å²) in [7, 11) is 0. The van der Waals surface area contributed by atoms with E-state index in [1.807, 2.05) is 18.2 Å². The third-order valence-electron chi connectivity index (χ3n) is 3.03. The Hall–Kier alpha value is -1.52. The van der Waals surface area contributed by atoms with Gasteiger partial charge in [-0.05, 0) is 48.9 Å². The van der Waals surface area contributed by atoms with E-state index in [4.69, 9.17) is 11.6 Å². The molecular weight excluding hydrogens is 343 g/mol. The molecule has 2 nitrogen and oxygen atoms in total. The molecule has 0 amide bonds. The van der Waals surface area contributed by atoms with Crippen LogP contribution in [0, 0.1) is 12.7 Å². The Balaban J connectivity index is 2.23. The van der Waals surface area contributed by atoms with Crippen molar-refractivity contribution in [3.8, 4) is 11.4 Å². The number of nitrogens with zero attached hydrogens (tertiary/aromatic N) is 2. The van der Waals surface area contributed by atoms with Crippen LogP contribution in [0.25, 0.3) is 22.3 Å². The molecule has 0 saturated carbocycles. The minimum atomic E-state index is -0.247. The van der Waals surface area contributed by atoms with E-state index < -0.39 is 0 Å². The maximum absolute atomic E-state index is 13.3. The minimum absolute atomic E-state index is 0.247. The van der Waals surface area contributed by atoms with Gasteiger partial charge in [0.25, 0.3) is 0 Å². The van der Waals surface area contributed by atoms with Crippen LogP contribution in [0.4, 0.5) is 4.39 Å². The predicted octanol–water partition coefficient (Wildman–Crippen LogP) is 5.16. The number of halogens is 3. The maximum Gasteiger partial charge on any atom is 0.161 e. The van der Waals surface area contributed by atoms with E-state index in [0.29, 0.717) is 16.5 Å². The van der Waals surface area contributed by atoms with Gasteiger partial charge in [-0.15, -0.1) is 0 Å². The Morgan fingerprint density at radius 2 is 1.90 bits per heavy atom. The third-order valence-corrected chi connectivity index (χ3v) is 3.81. The summed E-state index contributed by atoms with van der Waals surface area (Å²) >= 11 is 9.60. The first-order valence-electron chi connectivity index (χ1n) is 5.94. The highest BCUT2D eigenvalue weighted by Crippen LogP contribution is 2.27. The molecule has 1 aromatic heterocycles. The van der Waals surface area contributed by atoms with Crippen molar-refractivity contribution in [2.24, 2.45) is 0 Å². The number of fused-ring (bicyclic) bond motifs is 1. The summed E-state index contributed by atoms with van der Waals surface area (Å²) in [6.45, 7) is 1.71. The van der Waals surface area contributed by atoms with Gasteiger partial charge in [-0.25, -0.2) is 14.4 Å². The van der Waals surface area contributed by atoms with Crippen LogP contribution in [-0.2, 0) is 0 Å². The van der Waals surface area contributed by atoms with Gasteiger partial charge in [0.05, 0.1) is 5.52 Å². The molecule has 0 fully saturated rings. The molecule has 3 rings (SSSR count). The van der Waals surface area contributed by atoms with Gasteiger partial charge in [-0.2, -0.15) is 0 Å². The lowest BCUT2D eigenvalue weighted by molar-refractivity contribution is 0.618. The summed E-state index contributed by atoms with van der Waals surface area (Å²) in [5, 5.41) is 1.18. The number of hydrogen-bond donors (Lipinski definition) is 0. The third kappa shape index (κ3) is 2.41. The van der Waals surface area contributed by atoms with Crippen molar-refractivity contribution in [1.29, 1.82) is 0 Å². The Bertz CT molecular complexity index is 820. The first-order valence-corrected chi connectivity index (χ1v) is 7.11. The quantitative estimate of drug-likeness (QED) is 0.566. The first kappa shape index (κ1) is 13.5. The van der Waals surface area contributed by atoms with Crippen LogP contribution in [0.5, 0.6) is 0 Å². The van der Waals surface area contributed by atoms with E-state index in [9.17, 15) is 4.39 Å². The molecule has 2 aromatic carbocycles. The van der Waals surface area contributed by atoms with E-state index in [1.54, 1.807) is 19.1 Å². The van der Waals surface area contributed by atoms with Crippen molar-refractivity contribution in [1.82, 2.24) is 9.97 Å². The van der Waals surface area contributed by atoms with Gasteiger partial charge in [0, 0.05) is 15.4 Å². The SMILES string of the molecule is Cc1cc(-c2nc(Cl)c3ccc(Br)cc3n2)ccc1F. The van der Waals surface area contributed by atoms with E-state index in [0.717, 1.165) is 20.9 Å². The highest BCUT2D eigenvalue weighted by molar-refractivity contribution is 9.10. The van der Waals surface area contributed by atoms with Crippen molar-refractivity contribution >= 4 is 38.4 Å². The average molecular weight is 352 g/mol. The Kier molecular flexibility index (Phi) is 3.44. The van der Waals surface area contributed by atoms with Gasteiger partial charge in [0.15, 0.2) is 5.82 Å². The van der Waals surface area contributed by atoms with Crippen molar-refractivity contribution in [2.45, 2.75) is 6.92 Å².